The summed E-state index contributed by atoms with van der Waals surface area (Å²) < 4.78 is 0. The van der Waals surface area contributed by atoms with Crippen molar-refractivity contribution in [1.29, 1.82) is 0 Å². The molecule has 0 aromatic carbocycles. The van der Waals surface area contributed by atoms with Gasteiger partial charge < -0.3 is 15.9 Å². The summed E-state index contributed by atoms with van der Waals surface area (Å²) in [6.07, 6.45) is 9.68. The molecule has 0 aromatic heterocycles. The third-order valence-corrected chi connectivity index (χ3v) is 1.16. The van der Waals surface area contributed by atoms with Crippen LogP contribution in [0.3, 0.4) is 0 Å². The number of hydrogen-bond acceptors (Lipinski definition) is 4. The molecule has 0 saturated carbocycles. The Labute approximate surface area is 93.8 Å². The van der Waals surface area contributed by atoms with Crippen LogP contribution in [-0.2, 0) is 9.59 Å². The summed E-state index contributed by atoms with van der Waals surface area (Å²) in [6, 6.07) is -0.903. The van der Waals surface area contributed by atoms with Gasteiger partial charge in [-0.1, -0.05) is 5.92 Å². The maximum Gasteiger partial charge on any atom is 0.321 e. The van der Waals surface area contributed by atoms with Crippen molar-refractivity contribution >= 4 is 11.9 Å². The molecule has 0 saturated heterocycles. The second kappa shape index (κ2) is 11.1. The maximum absolute atomic E-state index is 9.87. The quantitative estimate of drug-likeness (QED) is 0.343. The molecule has 0 spiro atoms. The van der Waals surface area contributed by atoms with Crippen molar-refractivity contribution in [2.75, 3.05) is 13.1 Å². The highest BCUT2D eigenvalue weighted by Gasteiger charge is 2.07. The number of rotatable bonds is 5. The molecular formula is C10H14N2O4. The Morgan fingerprint density at radius 3 is 2.12 bits per heavy atom. The minimum Gasteiger partial charge on any atom is -0.480 e. The molecule has 0 rings (SSSR count). The highest BCUT2D eigenvalue weighted by atomic mass is 16.4. The Bertz CT molecular complexity index is 301. The zero-order valence-electron chi connectivity index (χ0n) is 8.64. The zero-order chi connectivity index (χ0) is 13.0. The number of terminal acetylenes is 2. The van der Waals surface area contributed by atoms with Gasteiger partial charge in [0.25, 0.3) is 0 Å². The van der Waals surface area contributed by atoms with E-state index in [0.29, 0.717) is 6.54 Å². The molecule has 88 valence electrons. The Kier molecular flexibility index (Phi) is 11.3. The molecule has 6 heteroatoms. The minimum atomic E-state index is -1.05. The number of nitrogens with two attached hydrogens (primary N) is 1. The topological polar surface area (TPSA) is 113 Å². The van der Waals surface area contributed by atoms with Crippen LogP contribution in [0.5, 0.6) is 0 Å². The van der Waals surface area contributed by atoms with E-state index in [4.69, 9.17) is 28.8 Å². The van der Waals surface area contributed by atoms with Crippen LogP contribution in [0.2, 0.25) is 0 Å². The summed E-state index contributed by atoms with van der Waals surface area (Å²) in [5, 5.41) is 18.6. The Hall–Kier alpha value is -2.02. The van der Waals surface area contributed by atoms with Crippen LogP contribution < -0.4 is 11.1 Å². The molecular weight excluding hydrogens is 212 g/mol. The number of carboxylic acids is 2. The fourth-order valence-corrected chi connectivity index (χ4v) is 0.456. The van der Waals surface area contributed by atoms with E-state index in [1.165, 1.54) is 0 Å². The van der Waals surface area contributed by atoms with Crippen LogP contribution in [0.4, 0.5) is 0 Å². The minimum absolute atomic E-state index is 0.0653. The Balaban J connectivity index is 0. The van der Waals surface area contributed by atoms with Gasteiger partial charge in [-0.05, 0) is 0 Å². The summed E-state index contributed by atoms with van der Waals surface area (Å²) >= 11 is 0. The predicted octanol–water partition coefficient (Wildman–Crippen LogP) is -1.28. The van der Waals surface area contributed by atoms with Gasteiger partial charge in [-0.2, -0.15) is 0 Å². The highest BCUT2D eigenvalue weighted by molar-refractivity contribution is 5.73. The molecule has 0 aliphatic rings. The van der Waals surface area contributed by atoms with Crippen LogP contribution >= 0.6 is 0 Å². The van der Waals surface area contributed by atoms with Gasteiger partial charge in [0, 0.05) is 6.42 Å². The monoisotopic (exact) mass is 226 g/mol. The number of nitrogens with one attached hydrogen (secondary N) is 1. The molecule has 0 amide bonds. The van der Waals surface area contributed by atoms with E-state index in [0.717, 1.165) is 0 Å². The van der Waals surface area contributed by atoms with Gasteiger partial charge in [-0.15, -0.1) is 18.8 Å². The van der Waals surface area contributed by atoms with Gasteiger partial charge in [-0.25, -0.2) is 0 Å². The van der Waals surface area contributed by atoms with E-state index in [1.807, 2.05) is 0 Å². The van der Waals surface area contributed by atoms with Crippen molar-refractivity contribution in [3.63, 3.8) is 0 Å². The Morgan fingerprint density at radius 1 is 1.31 bits per heavy atom. The molecule has 16 heavy (non-hydrogen) atoms. The third-order valence-electron chi connectivity index (χ3n) is 1.16. The van der Waals surface area contributed by atoms with Gasteiger partial charge >= 0.3 is 11.9 Å². The lowest BCUT2D eigenvalue weighted by Crippen LogP contribution is -2.29. The highest BCUT2D eigenvalue weighted by Crippen LogP contribution is 1.82. The van der Waals surface area contributed by atoms with Crippen LogP contribution in [0.25, 0.3) is 0 Å². The van der Waals surface area contributed by atoms with Crippen molar-refractivity contribution in [1.82, 2.24) is 5.32 Å². The standard InChI is InChI=1S/2C5H7NO2/c1-2-3-6-4-5(7)8;1-2-3-4(6)5(7)8/h1,6H,3-4H2,(H,7,8);1,4H,3,6H2,(H,7,8). The number of aliphatic carboxylic acids is 2. The second-order valence-electron chi connectivity index (χ2n) is 2.55. The fourth-order valence-electron chi connectivity index (χ4n) is 0.456. The average Bonchev–Trinajstić information content (AvgIpc) is 2.19. The third kappa shape index (κ3) is 14.5. The van der Waals surface area contributed by atoms with E-state index in [-0.39, 0.29) is 13.0 Å². The number of hydrogen-bond donors (Lipinski definition) is 4. The lowest BCUT2D eigenvalue weighted by molar-refractivity contribution is -0.138. The number of carbonyl (C=O) groups is 2. The first-order valence-electron chi connectivity index (χ1n) is 4.23. The molecule has 0 radical (unpaired) electrons. The molecule has 0 bridgehead atoms. The second-order valence-corrected chi connectivity index (χ2v) is 2.55. The van der Waals surface area contributed by atoms with Crippen molar-refractivity contribution < 1.29 is 19.8 Å². The molecule has 1 unspecified atom stereocenters. The van der Waals surface area contributed by atoms with Crippen molar-refractivity contribution in [2.24, 2.45) is 5.73 Å². The lowest BCUT2D eigenvalue weighted by atomic mass is 10.2. The van der Waals surface area contributed by atoms with Gasteiger partial charge in [0.15, 0.2) is 0 Å². The van der Waals surface area contributed by atoms with E-state index in [1.54, 1.807) is 0 Å². The smallest absolute Gasteiger partial charge is 0.321 e. The molecule has 0 aliphatic heterocycles. The van der Waals surface area contributed by atoms with Crippen LogP contribution in [0.15, 0.2) is 0 Å². The van der Waals surface area contributed by atoms with Crippen LogP contribution in [-0.4, -0.2) is 41.3 Å². The van der Waals surface area contributed by atoms with Gasteiger partial charge in [-0.3, -0.25) is 14.9 Å². The van der Waals surface area contributed by atoms with E-state index < -0.39 is 18.0 Å². The lowest BCUT2D eigenvalue weighted by Gasteiger charge is -1.96. The van der Waals surface area contributed by atoms with E-state index >= 15 is 0 Å². The first-order chi connectivity index (χ1) is 7.45. The van der Waals surface area contributed by atoms with E-state index in [2.05, 4.69) is 17.2 Å². The largest absolute Gasteiger partial charge is 0.480 e. The van der Waals surface area contributed by atoms with Crippen LogP contribution in [0.1, 0.15) is 6.42 Å². The normalized spacial score (nSPS) is 9.94. The molecule has 6 nitrogen and oxygen atoms in total. The summed E-state index contributed by atoms with van der Waals surface area (Å²) in [5.74, 6) is 2.45. The predicted molar refractivity (Wildman–Crippen MR) is 58.4 cm³/mol. The Morgan fingerprint density at radius 2 is 1.88 bits per heavy atom. The van der Waals surface area contributed by atoms with Crippen LogP contribution in [0, 0.1) is 24.7 Å². The zero-order valence-corrected chi connectivity index (χ0v) is 8.64. The van der Waals surface area contributed by atoms with Crippen molar-refractivity contribution in [3.8, 4) is 24.7 Å². The fraction of sp³-hybridized carbons (Fsp3) is 0.400. The molecule has 1 atom stereocenters. The van der Waals surface area contributed by atoms with Gasteiger partial charge in [0.2, 0.25) is 0 Å². The molecule has 0 fully saturated rings. The van der Waals surface area contributed by atoms with E-state index in [9.17, 15) is 9.59 Å². The van der Waals surface area contributed by atoms with Crippen molar-refractivity contribution in [2.45, 2.75) is 12.5 Å². The SMILES string of the molecule is C#CCC(N)C(=O)O.C#CCNCC(=O)O. The molecule has 0 aromatic rings. The summed E-state index contributed by atoms with van der Waals surface area (Å²) in [5.41, 5.74) is 4.98. The first-order valence-corrected chi connectivity index (χ1v) is 4.23. The maximum atomic E-state index is 9.87. The summed E-state index contributed by atoms with van der Waals surface area (Å²) in [4.78, 5) is 19.6. The van der Waals surface area contributed by atoms with Gasteiger partial charge in [0.05, 0.1) is 13.1 Å². The first kappa shape index (κ1) is 16.4. The molecule has 0 aliphatic carbocycles. The van der Waals surface area contributed by atoms with Crippen molar-refractivity contribution in [3.05, 3.63) is 0 Å². The summed E-state index contributed by atoms with van der Waals surface area (Å²) in [6.45, 7) is 0.247. The number of carboxylic acid groups (broad SMARTS) is 2. The molecule has 5 N–H and O–H groups in total. The average molecular weight is 226 g/mol. The van der Waals surface area contributed by atoms with Gasteiger partial charge in [0.1, 0.15) is 6.04 Å². The summed E-state index contributed by atoms with van der Waals surface area (Å²) in [7, 11) is 0. The molecule has 0 heterocycles.